The molecule has 1 N–H and O–H groups in total. The van der Waals surface area contributed by atoms with Crippen LogP contribution in [-0.2, 0) is 0 Å². The van der Waals surface area contributed by atoms with Gasteiger partial charge in [-0.1, -0.05) is 18.6 Å². The van der Waals surface area contributed by atoms with Gasteiger partial charge in [0.05, 0.1) is 0 Å². The lowest BCUT2D eigenvalue weighted by Crippen LogP contribution is -2.23. The van der Waals surface area contributed by atoms with Crippen LogP contribution in [0.4, 0.5) is 0 Å². The first-order chi connectivity index (χ1) is 5.42. The molecule has 1 nitrogen and oxygen atoms in total. The third-order valence-corrected chi connectivity index (χ3v) is 3.29. The second kappa shape index (κ2) is 2.98. The molecule has 2 rings (SSSR count). The molecule has 0 amide bonds. The van der Waals surface area contributed by atoms with Crippen LogP contribution >= 0.6 is 0 Å². The van der Waals surface area contributed by atoms with Gasteiger partial charge in [0, 0.05) is 6.61 Å². The summed E-state index contributed by atoms with van der Waals surface area (Å²) in [6, 6.07) is 0. The Bertz CT molecular complexity index is 162. The lowest BCUT2D eigenvalue weighted by atomic mass is 9.78. The van der Waals surface area contributed by atoms with Gasteiger partial charge < -0.3 is 5.11 Å². The zero-order valence-electron chi connectivity index (χ0n) is 6.87. The van der Waals surface area contributed by atoms with Crippen LogP contribution in [-0.4, -0.2) is 11.7 Å². The lowest BCUT2D eigenvalue weighted by molar-refractivity contribution is 0.156. The molecule has 0 aromatic heterocycles. The third kappa shape index (κ3) is 1.22. The molecule has 0 radical (unpaired) electrons. The van der Waals surface area contributed by atoms with Gasteiger partial charge >= 0.3 is 0 Å². The largest absolute Gasteiger partial charge is 0.396 e. The maximum absolute atomic E-state index is 9.10. The van der Waals surface area contributed by atoms with E-state index in [4.69, 9.17) is 5.11 Å². The number of aliphatic hydroxyl groups is 1. The molecular weight excluding hydrogens is 136 g/mol. The Morgan fingerprint density at radius 3 is 3.09 bits per heavy atom. The molecule has 1 heteroatoms. The van der Waals surface area contributed by atoms with Crippen LogP contribution in [0, 0.1) is 17.8 Å². The summed E-state index contributed by atoms with van der Waals surface area (Å²) in [5.41, 5.74) is 0. The normalized spacial score (nSPS) is 42.5. The minimum absolute atomic E-state index is 0.394. The van der Waals surface area contributed by atoms with Crippen molar-refractivity contribution >= 4 is 0 Å². The van der Waals surface area contributed by atoms with Gasteiger partial charge in [-0.15, -0.1) is 0 Å². The first kappa shape index (κ1) is 7.35. The molecule has 0 aliphatic heterocycles. The van der Waals surface area contributed by atoms with Crippen LogP contribution in [0.1, 0.15) is 25.7 Å². The molecule has 0 heterocycles. The summed E-state index contributed by atoms with van der Waals surface area (Å²) >= 11 is 0. The third-order valence-electron chi connectivity index (χ3n) is 3.29. The van der Waals surface area contributed by atoms with Crippen LogP contribution in [0.15, 0.2) is 12.2 Å². The van der Waals surface area contributed by atoms with Gasteiger partial charge in [-0.3, -0.25) is 0 Å². The van der Waals surface area contributed by atoms with Crippen molar-refractivity contribution in [3.05, 3.63) is 12.2 Å². The van der Waals surface area contributed by atoms with Gasteiger partial charge in [0.1, 0.15) is 0 Å². The SMILES string of the molecule is OC[C@H]1CC=CC2CCCC21. The fourth-order valence-electron chi connectivity index (χ4n) is 2.65. The predicted molar refractivity (Wildman–Crippen MR) is 45.2 cm³/mol. The predicted octanol–water partition coefficient (Wildman–Crippen LogP) is 1.97. The maximum atomic E-state index is 9.10. The van der Waals surface area contributed by atoms with Crippen molar-refractivity contribution < 1.29 is 5.11 Å². The number of fused-ring (bicyclic) bond motifs is 1. The summed E-state index contributed by atoms with van der Waals surface area (Å²) < 4.78 is 0. The minimum atomic E-state index is 0.394. The van der Waals surface area contributed by atoms with Crippen molar-refractivity contribution in [1.29, 1.82) is 0 Å². The molecule has 2 aliphatic carbocycles. The highest BCUT2D eigenvalue weighted by Crippen LogP contribution is 2.41. The van der Waals surface area contributed by atoms with E-state index in [1.54, 1.807) is 0 Å². The van der Waals surface area contributed by atoms with E-state index in [0.29, 0.717) is 12.5 Å². The zero-order chi connectivity index (χ0) is 7.68. The Hall–Kier alpha value is -0.300. The van der Waals surface area contributed by atoms with Gasteiger partial charge in [-0.25, -0.2) is 0 Å². The maximum Gasteiger partial charge on any atom is 0.0465 e. The van der Waals surface area contributed by atoms with E-state index in [1.165, 1.54) is 19.3 Å². The Morgan fingerprint density at radius 2 is 2.27 bits per heavy atom. The molecular formula is C10H16O. The average Bonchev–Trinajstić information content (AvgIpc) is 2.50. The van der Waals surface area contributed by atoms with Crippen molar-refractivity contribution in [3.63, 3.8) is 0 Å². The summed E-state index contributed by atoms with van der Waals surface area (Å²) in [7, 11) is 0. The van der Waals surface area contributed by atoms with Crippen molar-refractivity contribution in [1.82, 2.24) is 0 Å². The fourth-order valence-corrected chi connectivity index (χ4v) is 2.65. The first-order valence-corrected chi connectivity index (χ1v) is 4.69. The Kier molecular flexibility index (Phi) is 1.99. The summed E-state index contributed by atoms with van der Waals surface area (Å²) in [5.74, 6) is 2.19. The van der Waals surface area contributed by atoms with Crippen molar-refractivity contribution in [2.45, 2.75) is 25.7 Å². The van der Waals surface area contributed by atoms with Crippen LogP contribution in [0.2, 0.25) is 0 Å². The summed E-state index contributed by atoms with van der Waals surface area (Å²) in [5, 5.41) is 9.10. The Balaban J connectivity index is 2.09. The van der Waals surface area contributed by atoms with Crippen molar-refractivity contribution in [2.75, 3.05) is 6.61 Å². The highest BCUT2D eigenvalue weighted by atomic mass is 16.3. The monoisotopic (exact) mass is 152 g/mol. The van der Waals surface area contributed by atoms with Gasteiger partial charge in [0.15, 0.2) is 0 Å². The zero-order valence-corrected chi connectivity index (χ0v) is 6.87. The lowest BCUT2D eigenvalue weighted by Gasteiger charge is -2.28. The van der Waals surface area contributed by atoms with Crippen LogP contribution in [0.25, 0.3) is 0 Å². The summed E-state index contributed by atoms with van der Waals surface area (Å²) in [4.78, 5) is 0. The Labute approximate surface area is 68.1 Å². The standard InChI is InChI=1S/C10H16O/c11-7-9-5-1-3-8-4-2-6-10(8)9/h1,3,8-11H,2,4-7H2/t8?,9-,10?/m1/s1. The molecule has 62 valence electrons. The quantitative estimate of drug-likeness (QED) is 0.569. The topological polar surface area (TPSA) is 20.2 Å². The molecule has 0 bridgehead atoms. The van der Waals surface area contributed by atoms with E-state index in [9.17, 15) is 0 Å². The van der Waals surface area contributed by atoms with E-state index in [0.717, 1.165) is 18.3 Å². The molecule has 11 heavy (non-hydrogen) atoms. The van der Waals surface area contributed by atoms with Crippen LogP contribution in [0.5, 0.6) is 0 Å². The number of hydrogen-bond acceptors (Lipinski definition) is 1. The van der Waals surface area contributed by atoms with Crippen LogP contribution in [0.3, 0.4) is 0 Å². The van der Waals surface area contributed by atoms with E-state index < -0.39 is 0 Å². The van der Waals surface area contributed by atoms with E-state index in [1.807, 2.05) is 0 Å². The molecule has 1 fully saturated rings. The molecule has 3 atom stereocenters. The van der Waals surface area contributed by atoms with Crippen LogP contribution < -0.4 is 0 Å². The summed E-state index contributed by atoms with van der Waals surface area (Å²) in [6.07, 6.45) is 9.81. The smallest absolute Gasteiger partial charge is 0.0465 e. The number of rotatable bonds is 1. The highest BCUT2D eigenvalue weighted by Gasteiger charge is 2.33. The molecule has 0 aromatic carbocycles. The Morgan fingerprint density at radius 1 is 1.36 bits per heavy atom. The molecule has 1 saturated carbocycles. The van der Waals surface area contributed by atoms with Gasteiger partial charge in [-0.05, 0) is 37.0 Å². The van der Waals surface area contributed by atoms with Gasteiger partial charge in [0.25, 0.3) is 0 Å². The van der Waals surface area contributed by atoms with Gasteiger partial charge in [0.2, 0.25) is 0 Å². The number of aliphatic hydroxyl groups excluding tert-OH is 1. The molecule has 2 unspecified atom stereocenters. The first-order valence-electron chi connectivity index (χ1n) is 4.69. The van der Waals surface area contributed by atoms with E-state index in [2.05, 4.69) is 12.2 Å². The molecule has 0 aromatic rings. The second-order valence-corrected chi connectivity index (χ2v) is 3.87. The van der Waals surface area contributed by atoms with E-state index >= 15 is 0 Å². The fraction of sp³-hybridized carbons (Fsp3) is 0.800. The summed E-state index contributed by atoms with van der Waals surface area (Å²) in [6.45, 7) is 0.394. The van der Waals surface area contributed by atoms with E-state index in [-0.39, 0.29) is 0 Å². The minimum Gasteiger partial charge on any atom is -0.396 e. The number of allylic oxidation sites excluding steroid dienone is 2. The molecule has 0 saturated heterocycles. The molecule has 2 aliphatic rings. The molecule has 0 spiro atoms. The van der Waals surface area contributed by atoms with Crippen molar-refractivity contribution in [3.8, 4) is 0 Å². The van der Waals surface area contributed by atoms with Crippen molar-refractivity contribution in [2.24, 2.45) is 17.8 Å². The second-order valence-electron chi connectivity index (χ2n) is 3.87. The average molecular weight is 152 g/mol. The highest BCUT2D eigenvalue weighted by molar-refractivity contribution is 5.02. The van der Waals surface area contributed by atoms with Gasteiger partial charge in [-0.2, -0.15) is 0 Å². The number of hydrogen-bond donors (Lipinski definition) is 1.